The molecule has 20 heavy (non-hydrogen) atoms. The minimum atomic E-state index is -1.21. The summed E-state index contributed by atoms with van der Waals surface area (Å²) in [6, 6.07) is 5.99. The zero-order chi connectivity index (χ0) is 15.1. The maximum atomic E-state index is 11.5. The van der Waals surface area contributed by atoms with Gasteiger partial charge in [0.1, 0.15) is 5.92 Å². The van der Waals surface area contributed by atoms with Crippen molar-refractivity contribution >= 4 is 23.5 Å². The zero-order valence-corrected chi connectivity index (χ0v) is 10.9. The summed E-state index contributed by atoms with van der Waals surface area (Å²) in [7, 11) is 0. The number of aliphatic hydroxyl groups is 1. The second kappa shape index (κ2) is 7.25. The molecule has 1 unspecified atom stereocenters. The van der Waals surface area contributed by atoms with Crippen LogP contribution >= 0.6 is 0 Å². The van der Waals surface area contributed by atoms with Crippen molar-refractivity contribution < 1.29 is 24.6 Å². The van der Waals surface area contributed by atoms with Gasteiger partial charge >= 0.3 is 5.97 Å². The van der Waals surface area contributed by atoms with E-state index in [0.29, 0.717) is 11.3 Å². The molecule has 2 amide bonds. The van der Waals surface area contributed by atoms with Crippen molar-refractivity contribution in [2.45, 2.75) is 6.92 Å². The van der Waals surface area contributed by atoms with E-state index in [0.717, 1.165) is 0 Å². The van der Waals surface area contributed by atoms with Crippen molar-refractivity contribution in [2.24, 2.45) is 5.92 Å². The lowest BCUT2D eigenvalue weighted by molar-refractivity contribution is -0.144. The lowest BCUT2D eigenvalue weighted by Gasteiger charge is -2.09. The van der Waals surface area contributed by atoms with Gasteiger partial charge in [0.2, 0.25) is 5.91 Å². The van der Waals surface area contributed by atoms with Crippen molar-refractivity contribution in [3.8, 4) is 0 Å². The van der Waals surface area contributed by atoms with E-state index in [1.165, 1.54) is 31.2 Å². The van der Waals surface area contributed by atoms with Gasteiger partial charge in [-0.05, 0) is 31.2 Å². The highest BCUT2D eigenvalue weighted by molar-refractivity contribution is 6.04. The molecule has 0 aromatic heterocycles. The molecule has 1 rings (SSSR count). The number of aliphatic carboxylic acids is 1. The van der Waals surface area contributed by atoms with Crippen LogP contribution in [0.25, 0.3) is 0 Å². The first kappa shape index (κ1) is 15.6. The highest BCUT2D eigenvalue weighted by Crippen LogP contribution is 2.11. The van der Waals surface area contributed by atoms with Gasteiger partial charge in [0, 0.05) is 17.8 Å². The van der Waals surface area contributed by atoms with E-state index in [9.17, 15) is 14.4 Å². The number of hydrogen-bond donors (Lipinski definition) is 4. The van der Waals surface area contributed by atoms with E-state index in [1.807, 2.05) is 0 Å². The Morgan fingerprint density at radius 1 is 1.20 bits per heavy atom. The van der Waals surface area contributed by atoms with Crippen LogP contribution < -0.4 is 10.6 Å². The Bertz CT molecular complexity index is 498. The molecule has 0 aliphatic carbocycles. The largest absolute Gasteiger partial charge is 0.481 e. The number of amides is 2. The number of aliphatic hydroxyl groups excluding tert-OH is 1. The Balaban J connectivity index is 2.65. The topological polar surface area (TPSA) is 116 Å². The number of carbonyl (C=O) groups is 3. The van der Waals surface area contributed by atoms with Gasteiger partial charge < -0.3 is 20.8 Å². The number of carbonyl (C=O) groups excluding carboxylic acids is 2. The number of anilines is 1. The molecule has 1 aromatic rings. The first-order chi connectivity index (χ1) is 9.45. The number of carboxylic acid groups (broad SMARTS) is 1. The highest BCUT2D eigenvalue weighted by Gasteiger charge is 2.20. The van der Waals surface area contributed by atoms with Crippen LogP contribution in [0.3, 0.4) is 0 Å². The van der Waals surface area contributed by atoms with Gasteiger partial charge in [-0.1, -0.05) is 0 Å². The van der Waals surface area contributed by atoms with Gasteiger partial charge in [0.15, 0.2) is 0 Å². The fourth-order valence-corrected chi connectivity index (χ4v) is 1.34. The van der Waals surface area contributed by atoms with Gasteiger partial charge in [0.25, 0.3) is 5.91 Å². The van der Waals surface area contributed by atoms with Crippen molar-refractivity contribution in [1.82, 2.24) is 5.32 Å². The summed E-state index contributed by atoms with van der Waals surface area (Å²) in [5.74, 6) is -3.32. The predicted molar refractivity (Wildman–Crippen MR) is 71.3 cm³/mol. The van der Waals surface area contributed by atoms with Crippen LogP contribution in [0.1, 0.15) is 17.3 Å². The molecule has 1 atom stereocenters. The summed E-state index contributed by atoms with van der Waals surface area (Å²) in [5, 5.41) is 22.2. The molecule has 0 bridgehead atoms. The molecule has 0 radical (unpaired) electrons. The number of rotatable bonds is 6. The Morgan fingerprint density at radius 2 is 1.80 bits per heavy atom. The van der Waals surface area contributed by atoms with Crippen LogP contribution in [-0.2, 0) is 9.59 Å². The first-order valence-electron chi connectivity index (χ1n) is 5.98. The molecule has 108 valence electrons. The van der Waals surface area contributed by atoms with Crippen molar-refractivity contribution in [3.63, 3.8) is 0 Å². The summed E-state index contributed by atoms with van der Waals surface area (Å²) in [6.07, 6.45) is 0. The van der Waals surface area contributed by atoms with Crippen molar-refractivity contribution in [2.75, 3.05) is 18.5 Å². The number of hydrogen-bond acceptors (Lipinski definition) is 4. The Labute approximate surface area is 115 Å². The third kappa shape index (κ3) is 4.36. The van der Waals surface area contributed by atoms with Gasteiger partial charge in [0.05, 0.1) is 6.61 Å². The molecule has 0 aliphatic rings. The monoisotopic (exact) mass is 280 g/mol. The van der Waals surface area contributed by atoms with E-state index in [4.69, 9.17) is 10.2 Å². The molecule has 0 saturated carbocycles. The molecule has 0 heterocycles. The molecule has 0 aliphatic heterocycles. The van der Waals surface area contributed by atoms with Gasteiger partial charge in [-0.3, -0.25) is 14.4 Å². The predicted octanol–water partition coefficient (Wildman–Crippen LogP) is 0.0679. The van der Waals surface area contributed by atoms with Crippen molar-refractivity contribution in [3.05, 3.63) is 29.8 Å². The van der Waals surface area contributed by atoms with Crippen LogP contribution in [0, 0.1) is 5.92 Å². The molecule has 0 spiro atoms. The second-order valence-electron chi connectivity index (χ2n) is 4.11. The quantitative estimate of drug-likeness (QED) is 0.550. The van der Waals surface area contributed by atoms with Gasteiger partial charge in [-0.15, -0.1) is 0 Å². The Kier molecular flexibility index (Phi) is 5.67. The fraction of sp³-hybridized carbons (Fsp3) is 0.308. The standard InChI is InChI=1S/C13H16N2O5/c1-8(13(19)20)11(17)15-10-4-2-9(3-5-10)12(18)14-6-7-16/h2-5,8,16H,6-7H2,1H3,(H,14,18)(H,15,17)(H,19,20). The maximum absolute atomic E-state index is 11.5. The third-order valence-corrected chi connectivity index (χ3v) is 2.58. The van der Waals surface area contributed by atoms with E-state index >= 15 is 0 Å². The summed E-state index contributed by atoms with van der Waals surface area (Å²) < 4.78 is 0. The molecular weight excluding hydrogens is 264 g/mol. The van der Waals surface area contributed by atoms with Crippen molar-refractivity contribution in [1.29, 1.82) is 0 Å². The number of carboxylic acids is 1. The zero-order valence-electron chi connectivity index (χ0n) is 10.9. The molecule has 0 saturated heterocycles. The highest BCUT2D eigenvalue weighted by atomic mass is 16.4. The van der Waals surface area contributed by atoms with Gasteiger partial charge in [-0.2, -0.15) is 0 Å². The fourth-order valence-electron chi connectivity index (χ4n) is 1.34. The third-order valence-electron chi connectivity index (χ3n) is 2.58. The summed E-state index contributed by atoms with van der Waals surface area (Å²) >= 11 is 0. The van der Waals surface area contributed by atoms with Crippen LogP contribution in [0.5, 0.6) is 0 Å². The van der Waals surface area contributed by atoms with Crippen LogP contribution in [-0.4, -0.2) is 41.1 Å². The summed E-state index contributed by atoms with van der Waals surface area (Å²) in [6.45, 7) is 1.30. The molecule has 0 fully saturated rings. The molecule has 7 nitrogen and oxygen atoms in total. The molecule has 1 aromatic carbocycles. The smallest absolute Gasteiger partial charge is 0.315 e. The lowest BCUT2D eigenvalue weighted by atomic mass is 10.1. The van der Waals surface area contributed by atoms with E-state index in [2.05, 4.69) is 10.6 Å². The first-order valence-corrected chi connectivity index (χ1v) is 5.98. The average Bonchev–Trinajstić information content (AvgIpc) is 2.44. The second-order valence-corrected chi connectivity index (χ2v) is 4.11. The van der Waals surface area contributed by atoms with Crippen LogP contribution in [0.2, 0.25) is 0 Å². The van der Waals surface area contributed by atoms with E-state index < -0.39 is 17.8 Å². The minimum absolute atomic E-state index is 0.146. The Morgan fingerprint density at radius 3 is 2.30 bits per heavy atom. The normalized spacial score (nSPS) is 11.5. The van der Waals surface area contributed by atoms with E-state index in [-0.39, 0.29) is 19.1 Å². The maximum Gasteiger partial charge on any atom is 0.315 e. The molecule has 4 N–H and O–H groups in total. The lowest BCUT2D eigenvalue weighted by Crippen LogP contribution is -2.27. The molecular formula is C13H16N2O5. The molecule has 7 heteroatoms. The van der Waals surface area contributed by atoms with Crippen LogP contribution in [0.15, 0.2) is 24.3 Å². The Hall–Kier alpha value is -2.41. The van der Waals surface area contributed by atoms with E-state index in [1.54, 1.807) is 0 Å². The summed E-state index contributed by atoms with van der Waals surface area (Å²) in [5.41, 5.74) is 0.782. The minimum Gasteiger partial charge on any atom is -0.481 e. The average molecular weight is 280 g/mol. The number of nitrogens with one attached hydrogen (secondary N) is 2. The SMILES string of the molecule is CC(C(=O)O)C(=O)Nc1ccc(C(=O)NCCO)cc1. The van der Waals surface area contributed by atoms with Crippen LogP contribution in [0.4, 0.5) is 5.69 Å². The summed E-state index contributed by atoms with van der Waals surface area (Å²) in [4.78, 5) is 33.7. The number of benzene rings is 1. The van der Waals surface area contributed by atoms with Gasteiger partial charge in [-0.25, -0.2) is 0 Å².